The number of fused-ring (bicyclic) bond motifs is 1. The largest absolute Gasteiger partial charge is 0.337 e. The fourth-order valence-corrected chi connectivity index (χ4v) is 2.45. The molecule has 0 aliphatic heterocycles. The van der Waals surface area contributed by atoms with Crippen molar-refractivity contribution in [2.24, 2.45) is 0 Å². The monoisotopic (exact) mass is 324 g/mol. The molecule has 0 bridgehead atoms. The average Bonchev–Trinajstić information content (AvgIpc) is 2.59. The number of nitro benzene ring substituents is 1. The van der Waals surface area contributed by atoms with Crippen LogP contribution in [0.25, 0.3) is 16.7 Å². The maximum absolute atomic E-state index is 12.7. The molecule has 0 spiro atoms. The topological polar surface area (TPSA) is 100 Å². The molecule has 0 N–H and O–H groups in total. The Hall–Kier alpha value is -3.55. The van der Waals surface area contributed by atoms with Crippen LogP contribution in [0.15, 0.2) is 64.8 Å². The van der Waals surface area contributed by atoms with Crippen molar-refractivity contribution >= 4 is 16.7 Å². The van der Waals surface area contributed by atoms with E-state index in [1.165, 1.54) is 35.0 Å². The highest BCUT2D eigenvalue weighted by Gasteiger charge is 2.16. The molecule has 0 aliphatic carbocycles. The minimum atomic E-state index is -0.633. The maximum atomic E-state index is 12.7. The summed E-state index contributed by atoms with van der Waals surface area (Å²) in [6.45, 7) is 3.57. The standard InChI is InChI=1S/C16H12N4O4/c1-2-9-18-15(21)13-7-4-8-17-14(13)19(16(18)22)11-5-3-6-12(10-11)20(23)24/h2-8,10H,1,9H2. The van der Waals surface area contributed by atoms with E-state index in [-0.39, 0.29) is 29.0 Å². The number of rotatable bonds is 4. The highest BCUT2D eigenvalue weighted by molar-refractivity contribution is 5.75. The summed E-state index contributed by atoms with van der Waals surface area (Å²) in [5.74, 6) is 0. The van der Waals surface area contributed by atoms with Crippen LogP contribution in [0.2, 0.25) is 0 Å². The zero-order valence-electron chi connectivity index (χ0n) is 12.5. The van der Waals surface area contributed by atoms with Crippen LogP contribution >= 0.6 is 0 Å². The third-order valence-corrected chi connectivity index (χ3v) is 3.51. The minimum Gasteiger partial charge on any atom is -0.268 e. The first-order valence-corrected chi connectivity index (χ1v) is 7.01. The quantitative estimate of drug-likeness (QED) is 0.412. The smallest absolute Gasteiger partial charge is 0.268 e. The van der Waals surface area contributed by atoms with Crippen molar-refractivity contribution in [3.63, 3.8) is 0 Å². The van der Waals surface area contributed by atoms with E-state index in [1.807, 2.05) is 0 Å². The number of aromatic nitrogens is 3. The van der Waals surface area contributed by atoms with E-state index in [9.17, 15) is 19.7 Å². The van der Waals surface area contributed by atoms with Crippen LogP contribution in [0.1, 0.15) is 0 Å². The van der Waals surface area contributed by atoms with Gasteiger partial charge in [-0.05, 0) is 18.2 Å². The van der Waals surface area contributed by atoms with Gasteiger partial charge in [0.2, 0.25) is 0 Å². The number of nitro groups is 1. The highest BCUT2D eigenvalue weighted by atomic mass is 16.6. The molecule has 2 heterocycles. The molecule has 0 amide bonds. The second kappa shape index (κ2) is 5.92. The molecule has 0 atom stereocenters. The number of allylic oxidation sites excluding steroid dienone is 1. The Balaban J connectivity index is 2.45. The Bertz CT molecular complexity index is 1080. The van der Waals surface area contributed by atoms with Gasteiger partial charge in [0, 0.05) is 24.9 Å². The van der Waals surface area contributed by atoms with E-state index in [0.717, 1.165) is 4.57 Å². The zero-order chi connectivity index (χ0) is 17.3. The van der Waals surface area contributed by atoms with Crippen molar-refractivity contribution < 1.29 is 4.92 Å². The van der Waals surface area contributed by atoms with Crippen LogP contribution in [0, 0.1) is 10.1 Å². The predicted octanol–water partition coefficient (Wildman–Crippen LogP) is 1.64. The van der Waals surface area contributed by atoms with Gasteiger partial charge in [0.1, 0.15) is 0 Å². The Labute approximate surface area is 135 Å². The highest BCUT2D eigenvalue weighted by Crippen LogP contribution is 2.17. The van der Waals surface area contributed by atoms with Crippen LogP contribution in [-0.4, -0.2) is 19.0 Å². The SMILES string of the molecule is C=CCn1c(=O)c2cccnc2n(-c2cccc([N+](=O)[O-])c2)c1=O. The van der Waals surface area contributed by atoms with E-state index in [1.54, 1.807) is 18.2 Å². The van der Waals surface area contributed by atoms with Crippen LogP contribution in [0.5, 0.6) is 0 Å². The molecular formula is C16H12N4O4. The Kier molecular flexibility index (Phi) is 3.78. The summed E-state index contributed by atoms with van der Waals surface area (Å²) in [4.78, 5) is 39.7. The third kappa shape index (κ3) is 2.39. The molecule has 3 aromatic rings. The molecule has 0 saturated heterocycles. The molecule has 1 aromatic carbocycles. The van der Waals surface area contributed by atoms with Gasteiger partial charge in [-0.15, -0.1) is 6.58 Å². The molecule has 0 aliphatic rings. The molecule has 8 heteroatoms. The van der Waals surface area contributed by atoms with E-state index in [0.29, 0.717) is 0 Å². The van der Waals surface area contributed by atoms with Crippen molar-refractivity contribution in [3.05, 3.63) is 86.2 Å². The lowest BCUT2D eigenvalue weighted by atomic mass is 10.2. The predicted molar refractivity (Wildman–Crippen MR) is 88.5 cm³/mol. The van der Waals surface area contributed by atoms with Crippen LogP contribution in [-0.2, 0) is 6.54 Å². The van der Waals surface area contributed by atoms with Gasteiger partial charge in [0.15, 0.2) is 5.65 Å². The summed E-state index contributed by atoms with van der Waals surface area (Å²) in [5.41, 5.74) is -0.870. The first kappa shape index (κ1) is 15.3. The second-order valence-corrected chi connectivity index (χ2v) is 4.97. The molecule has 120 valence electrons. The van der Waals surface area contributed by atoms with Crippen LogP contribution < -0.4 is 11.2 Å². The molecule has 24 heavy (non-hydrogen) atoms. The van der Waals surface area contributed by atoms with E-state index < -0.39 is 16.2 Å². The fourth-order valence-electron chi connectivity index (χ4n) is 2.45. The lowest BCUT2D eigenvalue weighted by Crippen LogP contribution is -2.39. The molecule has 3 rings (SSSR count). The summed E-state index contributed by atoms with van der Waals surface area (Å²) in [5, 5.41) is 11.2. The van der Waals surface area contributed by atoms with Gasteiger partial charge >= 0.3 is 5.69 Å². The van der Waals surface area contributed by atoms with Crippen LogP contribution in [0.3, 0.4) is 0 Å². The maximum Gasteiger partial charge on any atom is 0.337 e. The van der Waals surface area contributed by atoms with E-state index in [4.69, 9.17) is 0 Å². The van der Waals surface area contributed by atoms with Crippen LogP contribution in [0.4, 0.5) is 5.69 Å². The molecular weight excluding hydrogens is 312 g/mol. The van der Waals surface area contributed by atoms with Gasteiger partial charge in [0.25, 0.3) is 11.2 Å². The first-order chi connectivity index (χ1) is 11.5. The van der Waals surface area contributed by atoms with Crippen molar-refractivity contribution in [2.45, 2.75) is 6.54 Å². The number of hydrogen-bond donors (Lipinski definition) is 0. The van der Waals surface area contributed by atoms with Gasteiger partial charge in [-0.25, -0.2) is 14.3 Å². The van der Waals surface area contributed by atoms with Crippen molar-refractivity contribution in [2.75, 3.05) is 0 Å². The van der Waals surface area contributed by atoms with Crippen molar-refractivity contribution in [1.82, 2.24) is 14.1 Å². The van der Waals surface area contributed by atoms with E-state index in [2.05, 4.69) is 11.6 Å². The Morgan fingerprint density at radius 3 is 2.75 bits per heavy atom. The summed E-state index contributed by atoms with van der Waals surface area (Å²) < 4.78 is 2.20. The van der Waals surface area contributed by atoms with Crippen molar-refractivity contribution in [1.29, 1.82) is 0 Å². The summed E-state index contributed by atoms with van der Waals surface area (Å²) in [6.07, 6.45) is 2.88. The normalized spacial score (nSPS) is 10.7. The summed E-state index contributed by atoms with van der Waals surface area (Å²) in [6, 6.07) is 8.74. The van der Waals surface area contributed by atoms with Crippen molar-refractivity contribution in [3.8, 4) is 5.69 Å². The molecule has 0 unspecified atom stereocenters. The summed E-state index contributed by atoms with van der Waals surface area (Å²) >= 11 is 0. The van der Waals surface area contributed by atoms with Gasteiger partial charge in [-0.1, -0.05) is 12.1 Å². The van der Waals surface area contributed by atoms with Gasteiger partial charge < -0.3 is 0 Å². The number of non-ortho nitro benzene ring substituents is 1. The van der Waals surface area contributed by atoms with Gasteiger partial charge in [-0.3, -0.25) is 19.5 Å². The lowest BCUT2D eigenvalue weighted by Gasteiger charge is -2.12. The minimum absolute atomic E-state index is 0.0252. The zero-order valence-corrected chi connectivity index (χ0v) is 12.5. The number of benzene rings is 1. The molecule has 2 aromatic heterocycles. The number of hydrogen-bond acceptors (Lipinski definition) is 5. The average molecular weight is 324 g/mol. The third-order valence-electron chi connectivity index (χ3n) is 3.51. The number of nitrogens with zero attached hydrogens (tertiary/aromatic N) is 4. The molecule has 0 radical (unpaired) electrons. The lowest BCUT2D eigenvalue weighted by molar-refractivity contribution is -0.384. The van der Waals surface area contributed by atoms with Gasteiger partial charge in [0.05, 0.1) is 16.0 Å². The van der Waals surface area contributed by atoms with Gasteiger partial charge in [-0.2, -0.15) is 0 Å². The first-order valence-electron chi connectivity index (χ1n) is 7.01. The summed E-state index contributed by atoms with van der Waals surface area (Å²) in [7, 11) is 0. The second-order valence-electron chi connectivity index (χ2n) is 4.97. The fraction of sp³-hybridized carbons (Fsp3) is 0.0625. The molecule has 0 fully saturated rings. The number of pyridine rings is 1. The Morgan fingerprint density at radius 1 is 1.25 bits per heavy atom. The van der Waals surface area contributed by atoms with E-state index >= 15 is 0 Å². The molecule has 8 nitrogen and oxygen atoms in total. The molecule has 0 saturated carbocycles. The Morgan fingerprint density at radius 2 is 2.04 bits per heavy atom.